The van der Waals surface area contributed by atoms with E-state index >= 15 is 0 Å². The van der Waals surface area contributed by atoms with Crippen molar-refractivity contribution in [3.63, 3.8) is 0 Å². The Morgan fingerprint density at radius 1 is 0.254 bits per heavy atom. The van der Waals surface area contributed by atoms with Gasteiger partial charge in [0.2, 0.25) is 0 Å². The van der Waals surface area contributed by atoms with E-state index in [9.17, 15) is 0 Å². The molecule has 0 amide bonds. The minimum Gasteiger partial charge on any atom is -0.456 e. The van der Waals surface area contributed by atoms with Gasteiger partial charge in [0, 0.05) is 27.5 Å². The quantitative estimate of drug-likeness (QED) is 0.161. The smallest absolute Gasteiger partial charge is 0.164 e. The van der Waals surface area contributed by atoms with Crippen LogP contribution in [-0.2, 0) is 0 Å². The van der Waals surface area contributed by atoms with Gasteiger partial charge in [0.05, 0.1) is 0 Å². The number of aromatic nitrogens is 3. The lowest BCUT2D eigenvalue weighted by atomic mass is 9.93. The second-order valence-corrected chi connectivity index (χ2v) is 16.0. The van der Waals surface area contributed by atoms with Crippen LogP contribution in [0.5, 0.6) is 0 Å². The molecule has 2 heterocycles. The van der Waals surface area contributed by atoms with Gasteiger partial charge in [0.25, 0.3) is 0 Å². The monoisotopic (exact) mass is 803 g/mol. The van der Waals surface area contributed by atoms with Gasteiger partial charge in [-0.1, -0.05) is 176 Å². The van der Waals surface area contributed by atoms with Gasteiger partial charge in [0.1, 0.15) is 11.2 Å². The van der Waals surface area contributed by atoms with Gasteiger partial charge in [-0.2, -0.15) is 0 Å². The average Bonchev–Trinajstić information content (AvgIpc) is 3.75. The zero-order valence-electron chi connectivity index (χ0n) is 34.1. The zero-order chi connectivity index (χ0) is 41.7. The van der Waals surface area contributed by atoms with Gasteiger partial charge in [0.15, 0.2) is 17.5 Å². The number of hydrogen-bond acceptors (Lipinski definition) is 4. The Labute approximate surface area is 364 Å². The SMILES string of the molecule is c1ccc(-c2cccc(-c3cc(-c4nc(-c5ccc6cc(-c7ccccc7)ccc6c5)nc(-c5cccc6oc7ccc(-c8ccccc8)cc7c56)n4)cc4ccccc34)c2)cc1. The van der Waals surface area contributed by atoms with Gasteiger partial charge < -0.3 is 4.42 Å². The summed E-state index contributed by atoms with van der Waals surface area (Å²) >= 11 is 0. The van der Waals surface area contributed by atoms with Crippen LogP contribution in [0, 0.1) is 0 Å². The summed E-state index contributed by atoms with van der Waals surface area (Å²) in [6.45, 7) is 0. The van der Waals surface area contributed by atoms with E-state index in [1.807, 2.05) is 24.3 Å². The Hall–Kier alpha value is -8.47. The Kier molecular flexibility index (Phi) is 8.79. The van der Waals surface area contributed by atoms with Crippen molar-refractivity contribution in [3.05, 3.63) is 224 Å². The molecule has 0 aliphatic carbocycles. The summed E-state index contributed by atoms with van der Waals surface area (Å²) < 4.78 is 6.51. The van der Waals surface area contributed by atoms with Crippen LogP contribution in [-0.4, -0.2) is 15.0 Å². The van der Waals surface area contributed by atoms with Crippen molar-refractivity contribution in [1.29, 1.82) is 0 Å². The number of hydrogen-bond donors (Lipinski definition) is 0. The molecule has 10 aromatic carbocycles. The summed E-state index contributed by atoms with van der Waals surface area (Å²) in [4.78, 5) is 16.0. The summed E-state index contributed by atoms with van der Waals surface area (Å²) in [6, 6.07) is 78.9. The number of rotatable bonds is 7. The van der Waals surface area contributed by atoms with Crippen LogP contribution in [0.25, 0.3) is 122 Å². The van der Waals surface area contributed by atoms with Crippen molar-refractivity contribution in [3.8, 4) is 78.7 Å². The standard InChI is InChI=1S/C59H37N3O/c1-4-14-38(15-5-1)41-21-12-22-47(33-41)52-37-49(35-46-20-10-11-23-50(46)52)58-60-57(48-29-28-43-32-42(26-27-44(43)34-48)39-16-6-2-7-17-39)61-59(62-58)51-24-13-25-55-56(51)53-36-45(30-31-54(53)63-55)40-18-8-3-9-19-40/h1-37H. The normalized spacial score (nSPS) is 11.5. The van der Waals surface area contributed by atoms with Gasteiger partial charge in [-0.25, -0.2) is 15.0 Å². The second-order valence-electron chi connectivity index (χ2n) is 16.0. The lowest BCUT2D eigenvalue weighted by Gasteiger charge is -2.14. The predicted molar refractivity (Wildman–Crippen MR) is 260 cm³/mol. The van der Waals surface area contributed by atoms with E-state index in [1.54, 1.807) is 0 Å². The molecule has 0 radical (unpaired) electrons. The van der Waals surface area contributed by atoms with Crippen LogP contribution in [0.3, 0.4) is 0 Å². The van der Waals surface area contributed by atoms with E-state index in [0.717, 1.165) is 88.0 Å². The van der Waals surface area contributed by atoms with Crippen LogP contribution in [0.1, 0.15) is 0 Å². The van der Waals surface area contributed by atoms with Crippen LogP contribution < -0.4 is 0 Å². The summed E-state index contributed by atoms with van der Waals surface area (Å²) in [5, 5.41) is 6.51. The Balaban J connectivity index is 1.07. The Morgan fingerprint density at radius 3 is 1.51 bits per heavy atom. The largest absolute Gasteiger partial charge is 0.456 e. The fourth-order valence-corrected chi connectivity index (χ4v) is 8.95. The highest BCUT2D eigenvalue weighted by Gasteiger charge is 2.20. The highest BCUT2D eigenvalue weighted by Crippen LogP contribution is 2.40. The molecule has 0 bridgehead atoms. The van der Waals surface area contributed by atoms with Crippen LogP contribution in [0.15, 0.2) is 229 Å². The third-order valence-electron chi connectivity index (χ3n) is 12.1. The molecule has 0 fully saturated rings. The predicted octanol–water partition coefficient (Wildman–Crippen LogP) is 15.7. The molecular formula is C59H37N3O. The van der Waals surface area contributed by atoms with E-state index in [2.05, 4.69) is 200 Å². The first-order valence-corrected chi connectivity index (χ1v) is 21.2. The molecule has 0 N–H and O–H groups in total. The molecule has 4 heteroatoms. The molecule has 0 saturated carbocycles. The van der Waals surface area contributed by atoms with Crippen LogP contribution in [0.4, 0.5) is 0 Å². The lowest BCUT2D eigenvalue weighted by Crippen LogP contribution is -2.01. The van der Waals surface area contributed by atoms with E-state index in [4.69, 9.17) is 19.4 Å². The number of benzene rings is 10. The third kappa shape index (κ3) is 6.71. The molecule has 12 aromatic rings. The third-order valence-corrected chi connectivity index (χ3v) is 12.1. The topological polar surface area (TPSA) is 51.8 Å². The highest BCUT2D eigenvalue weighted by atomic mass is 16.3. The molecule has 2 aromatic heterocycles. The highest BCUT2D eigenvalue weighted by molar-refractivity contribution is 6.13. The lowest BCUT2D eigenvalue weighted by molar-refractivity contribution is 0.669. The maximum absolute atomic E-state index is 6.51. The van der Waals surface area contributed by atoms with Gasteiger partial charge in [-0.05, 0) is 115 Å². The Morgan fingerprint density at radius 2 is 0.778 bits per heavy atom. The molecule has 0 saturated heterocycles. The summed E-state index contributed by atoms with van der Waals surface area (Å²) in [5.74, 6) is 1.77. The number of fused-ring (bicyclic) bond motifs is 5. The molecule has 0 unspecified atom stereocenters. The van der Waals surface area contributed by atoms with E-state index in [-0.39, 0.29) is 0 Å². The van der Waals surface area contributed by atoms with Crippen molar-refractivity contribution in [1.82, 2.24) is 15.0 Å². The Bertz CT molecular complexity index is 3670. The van der Waals surface area contributed by atoms with Crippen LogP contribution in [0.2, 0.25) is 0 Å². The van der Waals surface area contributed by atoms with Crippen LogP contribution >= 0.6 is 0 Å². The molecular weight excluding hydrogens is 767 g/mol. The van der Waals surface area contributed by atoms with Gasteiger partial charge in [-0.3, -0.25) is 0 Å². The number of nitrogens with zero attached hydrogens (tertiary/aromatic N) is 3. The second kappa shape index (κ2) is 15.2. The molecule has 63 heavy (non-hydrogen) atoms. The fraction of sp³-hybridized carbons (Fsp3) is 0. The molecule has 4 nitrogen and oxygen atoms in total. The van der Waals surface area contributed by atoms with E-state index in [0.29, 0.717) is 17.5 Å². The first kappa shape index (κ1) is 36.4. The molecule has 12 rings (SSSR count). The van der Waals surface area contributed by atoms with E-state index < -0.39 is 0 Å². The van der Waals surface area contributed by atoms with Gasteiger partial charge in [-0.15, -0.1) is 0 Å². The first-order valence-electron chi connectivity index (χ1n) is 21.2. The summed E-state index contributed by atoms with van der Waals surface area (Å²) in [7, 11) is 0. The molecule has 0 spiro atoms. The molecule has 0 aliphatic heterocycles. The van der Waals surface area contributed by atoms with Crippen molar-refractivity contribution in [2.75, 3.05) is 0 Å². The van der Waals surface area contributed by atoms with Crippen molar-refractivity contribution >= 4 is 43.5 Å². The fourth-order valence-electron chi connectivity index (χ4n) is 8.95. The van der Waals surface area contributed by atoms with E-state index in [1.165, 1.54) is 16.7 Å². The van der Waals surface area contributed by atoms with Crippen molar-refractivity contribution < 1.29 is 4.42 Å². The minimum atomic E-state index is 0.578. The molecule has 0 aliphatic rings. The summed E-state index contributed by atoms with van der Waals surface area (Å²) in [6.07, 6.45) is 0. The minimum absolute atomic E-state index is 0.578. The van der Waals surface area contributed by atoms with Crippen molar-refractivity contribution in [2.45, 2.75) is 0 Å². The zero-order valence-corrected chi connectivity index (χ0v) is 34.1. The number of furan rings is 1. The first-order chi connectivity index (χ1) is 31.2. The van der Waals surface area contributed by atoms with Gasteiger partial charge >= 0.3 is 0 Å². The maximum Gasteiger partial charge on any atom is 0.164 e. The van der Waals surface area contributed by atoms with Crippen molar-refractivity contribution in [2.24, 2.45) is 0 Å². The maximum atomic E-state index is 6.51. The summed E-state index contributed by atoms with van der Waals surface area (Å²) in [5.41, 5.74) is 13.5. The molecule has 294 valence electrons. The average molecular weight is 804 g/mol. The molecule has 0 atom stereocenters.